The molecule has 0 aliphatic rings. The molecule has 9 rings (SSSR count). The Balaban J connectivity index is 1.38. The van der Waals surface area contributed by atoms with E-state index >= 15 is 0 Å². The van der Waals surface area contributed by atoms with Crippen LogP contribution in [0, 0.1) is 0 Å². The van der Waals surface area contributed by atoms with Gasteiger partial charge in [-0.3, -0.25) is 0 Å². The molecular formula is C45H30. The first-order chi connectivity index (χ1) is 25.6. The molecule has 0 aliphatic carbocycles. The van der Waals surface area contributed by atoms with Gasteiger partial charge in [-0.2, -0.15) is 0 Å². The molecule has 0 N–H and O–H groups in total. The van der Waals surface area contributed by atoms with Crippen LogP contribution in [0.4, 0.5) is 0 Å². The molecule has 0 heterocycles. The number of hydrogen-bond donors (Lipinski definition) is 0. The molecule has 9 aromatic rings. The van der Waals surface area contributed by atoms with Gasteiger partial charge in [-0.1, -0.05) is 164 Å². The van der Waals surface area contributed by atoms with Gasteiger partial charge in [0.25, 0.3) is 0 Å². The first-order valence-electron chi connectivity index (χ1n) is 19.1. The third-order valence-corrected chi connectivity index (χ3v) is 8.96. The molecule has 45 heavy (non-hydrogen) atoms. The summed E-state index contributed by atoms with van der Waals surface area (Å²) in [7, 11) is 0. The highest BCUT2D eigenvalue weighted by atomic mass is 14.2. The average Bonchev–Trinajstić information content (AvgIpc) is 3.20. The van der Waals surface area contributed by atoms with E-state index in [0.29, 0.717) is 16.7 Å². The van der Waals surface area contributed by atoms with Crippen LogP contribution in [0.2, 0.25) is 0 Å². The maximum atomic E-state index is 9.31. The standard InChI is InChI=1S/C45H30/c1-2-12-33-27-34(26-23-30(33)11-1)31-21-24-32(25-22-31)45-42-19-9-7-17-40(42)44(41-18-8-10-20-43(41)45)29-36-28-35-13-3-4-14-37(35)39-16-6-5-15-38(36)39/h1-28H,29H2/i7D,8D,9D,10D,17D,18D,19D,20D. The summed E-state index contributed by atoms with van der Waals surface area (Å²) in [6.45, 7) is 0. The third kappa shape index (κ3) is 4.30. The molecule has 0 bridgehead atoms. The Morgan fingerprint density at radius 1 is 0.378 bits per heavy atom. The van der Waals surface area contributed by atoms with Gasteiger partial charge in [0.15, 0.2) is 0 Å². The monoisotopic (exact) mass is 578 g/mol. The van der Waals surface area contributed by atoms with Crippen molar-refractivity contribution in [3.8, 4) is 22.3 Å². The van der Waals surface area contributed by atoms with Gasteiger partial charge >= 0.3 is 0 Å². The summed E-state index contributed by atoms with van der Waals surface area (Å²) in [5, 5.41) is 7.26. The van der Waals surface area contributed by atoms with Crippen molar-refractivity contribution >= 4 is 53.9 Å². The molecule has 9 aromatic carbocycles. The third-order valence-electron chi connectivity index (χ3n) is 8.96. The fourth-order valence-corrected chi connectivity index (χ4v) is 6.83. The molecule has 0 atom stereocenters. The van der Waals surface area contributed by atoms with E-state index in [2.05, 4.69) is 48.5 Å². The summed E-state index contributed by atoms with van der Waals surface area (Å²) in [4.78, 5) is 0. The van der Waals surface area contributed by atoms with Crippen molar-refractivity contribution in [3.63, 3.8) is 0 Å². The predicted molar refractivity (Wildman–Crippen MR) is 194 cm³/mol. The summed E-state index contributed by atoms with van der Waals surface area (Å²) in [5.74, 6) is 0. The highest BCUT2D eigenvalue weighted by molar-refractivity contribution is 6.16. The Hall–Kier alpha value is -5.72. The van der Waals surface area contributed by atoms with Crippen LogP contribution in [0.25, 0.3) is 76.1 Å². The van der Waals surface area contributed by atoms with E-state index in [-0.39, 0.29) is 52.1 Å². The molecule has 0 amide bonds. The van der Waals surface area contributed by atoms with Crippen molar-refractivity contribution in [2.24, 2.45) is 0 Å². The Morgan fingerprint density at radius 2 is 0.911 bits per heavy atom. The zero-order valence-corrected chi connectivity index (χ0v) is 24.3. The summed E-state index contributed by atoms with van der Waals surface area (Å²) >= 11 is 0. The average molecular weight is 579 g/mol. The molecule has 0 saturated heterocycles. The van der Waals surface area contributed by atoms with Crippen LogP contribution < -0.4 is 0 Å². The van der Waals surface area contributed by atoms with Crippen LogP contribution in [-0.4, -0.2) is 0 Å². The second-order valence-electron chi connectivity index (χ2n) is 11.5. The minimum absolute atomic E-state index is 0.170. The first-order valence-corrected chi connectivity index (χ1v) is 15.1. The van der Waals surface area contributed by atoms with E-state index in [1.165, 1.54) is 0 Å². The van der Waals surface area contributed by atoms with E-state index in [9.17, 15) is 5.48 Å². The second kappa shape index (κ2) is 10.5. The lowest BCUT2D eigenvalue weighted by molar-refractivity contribution is 1.26. The molecular weight excluding hydrogens is 540 g/mol. The van der Waals surface area contributed by atoms with Crippen LogP contribution in [0.3, 0.4) is 0 Å². The van der Waals surface area contributed by atoms with E-state index in [0.717, 1.165) is 49.0 Å². The molecule has 0 spiro atoms. The highest BCUT2D eigenvalue weighted by Gasteiger charge is 2.17. The number of rotatable bonds is 4. The van der Waals surface area contributed by atoms with E-state index < -0.39 is 24.2 Å². The Morgan fingerprint density at radius 3 is 1.62 bits per heavy atom. The highest BCUT2D eigenvalue weighted by Crippen LogP contribution is 2.41. The van der Waals surface area contributed by atoms with Crippen LogP contribution in [0.15, 0.2) is 170 Å². The number of hydrogen-bond acceptors (Lipinski definition) is 0. The van der Waals surface area contributed by atoms with E-state index in [1.54, 1.807) is 0 Å². The zero-order valence-electron chi connectivity index (χ0n) is 32.3. The smallest absolute Gasteiger partial charge is 0.0616 e. The lowest BCUT2D eigenvalue weighted by Crippen LogP contribution is -1.97. The number of fused-ring (bicyclic) bond motifs is 6. The zero-order chi connectivity index (χ0) is 36.7. The normalized spacial score (nSPS) is 14.1. The van der Waals surface area contributed by atoms with Crippen LogP contribution >= 0.6 is 0 Å². The maximum Gasteiger partial charge on any atom is 0.0629 e. The van der Waals surface area contributed by atoms with Gasteiger partial charge in [-0.15, -0.1) is 0 Å². The van der Waals surface area contributed by atoms with Gasteiger partial charge in [0.1, 0.15) is 0 Å². The molecule has 0 radical (unpaired) electrons. The molecule has 0 nitrogen and oxygen atoms in total. The van der Waals surface area contributed by atoms with Gasteiger partial charge in [0.2, 0.25) is 0 Å². The lowest BCUT2D eigenvalue weighted by Gasteiger charge is -2.19. The molecule has 210 valence electrons. The molecule has 0 saturated carbocycles. The summed E-state index contributed by atoms with van der Waals surface area (Å²) < 4.78 is 72.3. The van der Waals surface area contributed by atoms with Crippen molar-refractivity contribution in [3.05, 3.63) is 181 Å². The molecule has 0 heteroatoms. The first kappa shape index (κ1) is 18.8. The van der Waals surface area contributed by atoms with Crippen molar-refractivity contribution in [2.45, 2.75) is 6.42 Å². The SMILES string of the molecule is [2H]c1c([2H])c([2H])c2c(-c3ccc(-c4ccc5ccccc5c4)cc3)c3c([2H])c([2H])c([2H])c([2H])c3c(Cc3cc4ccccc4c4ccccc34)c2c1[2H]. The summed E-state index contributed by atoms with van der Waals surface area (Å²) in [6, 6.07) is 37.6. The molecule has 0 fully saturated rings. The van der Waals surface area contributed by atoms with Crippen molar-refractivity contribution in [1.82, 2.24) is 0 Å². The molecule has 0 unspecified atom stereocenters. The van der Waals surface area contributed by atoms with Crippen LogP contribution in [0.5, 0.6) is 0 Å². The second-order valence-corrected chi connectivity index (χ2v) is 11.5. The molecule has 0 aromatic heterocycles. The van der Waals surface area contributed by atoms with Crippen LogP contribution in [0.1, 0.15) is 22.1 Å². The Labute approximate surface area is 274 Å². The van der Waals surface area contributed by atoms with Crippen molar-refractivity contribution in [2.75, 3.05) is 0 Å². The van der Waals surface area contributed by atoms with Gasteiger partial charge in [-0.25, -0.2) is 0 Å². The topological polar surface area (TPSA) is 0 Å². The van der Waals surface area contributed by atoms with Gasteiger partial charge in [0, 0.05) is 0 Å². The summed E-state index contributed by atoms with van der Waals surface area (Å²) in [5.41, 5.74) is 4.21. The van der Waals surface area contributed by atoms with E-state index in [4.69, 9.17) is 5.48 Å². The maximum absolute atomic E-state index is 9.31. The predicted octanol–water partition coefficient (Wildman–Crippen LogP) is 12.4. The van der Waals surface area contributed by atoms with E-state index in [1.807, 2.05) is 72.8 Å². The Bertz CT molecular complexity index is 2920. The minimum atomic E-state index is -0.404. The largest absolute Gasteiger partial charge is 0.0629 e. The molecule has 0 aliphatic heterocycles. The fraction of sp³-hybridized carbons (Fsp3) is 0.0222. The lowest BCUT2D eigenvalue weighted by atomic mass is 9.85. The van der Waals surface area contributed by atoms with Gasteiger partial charge < -0.3 is 0 Å². The summed E-state index contributed by atoms with van der Waals surface area (Å²) in [6.07, 6.45) is 0.170. The van der Waals surface area contributed by atoms with Crippen LogP contribution in [-0.2, 0) is 6.42 Å². The quantitative estimate of drug-likeness (QED) is 0.144. The fourth-order valence-electron chi connectivity index (χ4n) is 6.83. The van der Waals surface area contributed by atoms with Crippen molar-refractivity contribution < 1.29 is 11.0 Å². The van der Waals surface area contributed by atoms with Crippen molar-refractivity contribution in [1.29, 1.82) is 0 Å². The van der Waals surface area contributed by atoms with Gasteiger partial charge in [-0.05, 0) is 99.7 Å². The Kier molecular flexibility index (Phi) is 4.38. The number of benzene rings is 9. The minimum Gasteiger partial charge on any atom is -0.0616 e. The van der Waals surface area contributed by atoms with Gasteiger partial charge in [0.05, 0.1) is 11.0 Å².